The molecule has 2 radical (unpaired) electrons. The number of hydrogen-bond acceptors (Lipinski definition) is 4. The molecule has 2 aliphatic heterocycles. The first-order valence-corrected chi connectivity index (χ1v) is 24.5. The molecule has 0 N–H and O–H groups in total. The molecule has 0 aromatic heterocycles. The monoisotopic (exact) mass is 686 g/mol. The standard InChI is InChI=1S/C20H36O4.3ClH.2Sn.H/c1-19(2,3)16-10-8-13(11-21)23-17(16)15-9-7-14(12-22)24-18(15)20(4,5)6;;;;;;/h13-18H,7-12H2,1-6H3;3*1H;;;/q-2;;;;+2;+3;/p-3. The van der Waals surface area contributed by atoms with Crippen LogP contribution >= 0.6 is 26.8 Å². The Morgan fingerprint density at radius 1 is 0.897 bits per heavy atom. The third-order valence-corrected chi connectivity index (χ3v) is 10.5. The molecule has 2 aliphatic rings. The Morgan fingerprint density at radius 2 is 1.52 bits per heavy atom. The fourth-order valence-electron chi connectivity index (χ4n) is 4.87. The SMILES string of the molecule is CC(C)(C)C1CCC(C[O][SnH][Cl])OC1C1CCC(C[O][Sn]([Cl])[Cl])OC1C(C)(C)C. The summed E-state index contributed by atoms with van der Waals surface area (Å²) < 4.78 is 24.6. The predicted octanol–water partition coefficient (Wildman–Crippen LogP) is 5.41. The fraction of sp³-hybridized carbons (Fsp3) is 1.00. The van der Waals surface area contributed by atoms with Gasteiger partial charge in [0.2, 0.25) is 0 Å². The van der Waals surface area contributed by atoms with Gasteiger partial charge in [-0.1, -0.05) is 0 Å². The van der Waals surface area contributed by atoms with Crippen molar-refractivity contribution in [1.29, 1.82) is 0 Å². The van der Waals surface area contributed by atoms with Gasteiger partial charge in [-0.3, -0.25) is 0 Å². The van der Waals surface area contributed by atoms with Gasteiger partial charge >= 0.3 is 208 Å². The van der Waals surface area contributed by atoms with E-state index in [1.54, 1.807) is 0 Å². The molecule has 6 atom stereocenters. The van der Waals surface area contributed by atoms with Gasteiger partial charge in [-0.2, -0.15) is 0 Å². The van der Waals surface area contributed by atoms with Crippen LogP contribution in [0.15, 0.2) is 0 Å². The van der Waals surface area contributed by atoms with Crippen molar-refractivity contribution >= 4 is 65.1 Å². The summed E-state index contributed by atoms with van der Waals surface area (Å²) in [6.07, 6.45) is 4.69. The molecular formula is C20H37Cl3O4Sn2. The van der Waals surface area contributed by atoms with Crippen molar-refractivity contribution in [2.75, 3.05) is 13.2 Å². The van der Waals surface area contributed by atoms with Gasteiger partial charge < -0.3 is 0 Å². The van der Waals surface area contributed by atoms with Gasteiger partial charge in [0.25, 0.3) is 0 Å². The third-order valence-electron chi connectivity index (χ3n) is 6.21. The molecule has 2 saturated heterocycles. The molecule has 6 unspecified atom stereocenters. The van der Waals surface area contributed by atoms with E-state index in [0.717, 1.165) is 25.7 Å². The number of hydrogen-bond donors (Lipinski definition) is 0. The molecule has 9 heteroatoms. The quantitative estimate of drug-likeness (QED) is 0.337. The molecule has 2 heterocycles. The normalized spacial score (nSPS) is 34.6. The van der Waals surface area contributed by atoms with E-state index in [-0.39, 0.29) is 35.2 Å². The van der Waals surface area contributed by atoms with Crippen molar-refractivity contribution in [3.63, 3.8) is 0 Å². The van der Waals surface area contributed by atoms with Crippen LogP contribution in [0, 0.1) is 22.7 Å². The molecule has 0 saturated carbocycles. The van der Waals surface area contributed by atoms with Crippen molar-refractivity contribution < 1.29 is 15.6 Å². The van der Waals surface area contributed by atoms with E-state index in [2.05, 4.69) is 41.5 Å². The second kappa shape index (κ2) is 12.1. The molecule has 0 bridgehead atoms. The molecule has 0 spiro atoms. The maximum absolute atomic E-state index is 6.73. The van der Waals surface area contributed by atoms with Gasteiger partial charge in [0.1, 0.15) is 0 Å². The Kier molecular flexibility index (Phi) is 11.5. The van der Waals surface area contributed by atoms with Crippen molar-refractivity contribution in [3.8, 4) is 0 Å². The van der Waals surface area contributed by atoms with Crippen LogP contribution in [0.3, 0.4) is 0 Å². The Balaban J connectivity index is 2.20. The first kappa shape index (κ1) is 27.6. The molecule has 170 valence electrons. The van der Waals surface area contributed by atoms with Crippen LogP contribution in [0.2, 0.25) is 0 Å². The Hall–Kier alpha value is 2.31. The number of halogens is 3. The fourth-order valence-corrected chi connectivity index (χ4v) is 7.92. The van der Waals surface area contributed by atoms with Crippen molar-refractivity contribution in [1.82, 2.24) is 0 Å². The predicted molar refractivity (Wildman–Crippen MR) is 124 cm³/mol. The first-order chi connectivity index (χ1) is 13.4. The topological polar surface area (TPSA) is 36.9 Å². The van der Waals surface area contributed by atoms with Gasteiger partial charge in [0.05, 0.1) is 0 Å². The second-order valence-corrected chi connectivity index (χ2v) is 21.2. The zero-order chi connectivity index (χ0) is 21.8. The van der Waals surface area contributed by atoms with Crippen LogP contribution in [-0.2, 0) is 15.6 Å². The van der Waals surface area contributed by atoms with E-state index in [4.69, 9.17) is 42.4 Å². The van der Waals surface area contributed by atoms with Gasteiger partial charge in [-0.15, -0.1) is 0 Å². The van der Waals surface area contributed by atoms with E-state index in [1.165, 1.54) is 0 Å². The molecular weight excluding hydrogens is 648 g/mol. The average Bonchev–Trinajstić information content (AvgIpc) is 2.62. The molecule has 4 nitrogen and oxygen atoms in total. The molecule has 0 aromatic carbocycles. The molecule has 2 fully saturated rings. The molecule has 29 heavy (non-hydrogen) atoms. The summed E-state index contributed by atoms with van der Waals surface area (Å²) in [5.74, 6) is 0.842. The minimum atomic E-state index is -2.61. The van der Waals surface area contributed by atoms with Crippen molar-refractivity contribution in [2.24, 2.45) is 22.7 Å². The van der Waals surface area contributed by atoms with Gasteiger partial charge in [-0.25, -0.2) is 0 Å². The summed E-state index contributed by atoms with van der Waals surface area (Å²) in [7, 11) is 17.8. The summed E-state index contributed by atoms with van der Waals surface area (Å²) in [5.41, 5.74) is 0.190. The van der Waals surface area contributed by atoms with Crippen LogP contribution in [0.1, 0.15) is 67.2 Å². The summed E-state index contributed by atoms with van der Waals surface area (Å²) in [4.78, 5) is 0. The molecule has 0 aliphatic carbocycles. The molecule has 0 aromatic rings. The number of ether oxygens (including phenoxy) is 2. The molecule has 0 amide bonds. The van der Waals surface area contributed by atoms with Crippen LogP contribution in [0.4, 0.5) is 0 Å². The summed E-state index contributed by atoms with van der Waals surface area (Å²) in [5, 5.41) is 0. The summed E-state index contributed by atoms with van der Waals surface area (Å²) >= 11 is -3.95. The van der Waals surface area contributed by atoms with E-state index >= 15 is 0 Å². The summed E-state index contributed by atoms with van der Waals surface area (Å²) in [6.45, 7) is 14.9. The van der Waals surface area contributed by atoms with Crippen molar-refractivity contribution in [2.45, 2.75) is 91.6 Å². The third kappa shape index (κ3) is 8.55. The number of rotatable bonds is 7. The van der Waals surface area contributed by atoms with E-state index in [0.29, 0.717) is 25.0 Å². The van der Waals surface area contributed by atoms with E-state index in [1.807, 2.05) is 0 Å². The van der Waals surface area contributed by atoms with Gasteiger partial charge in [0, 0.05) is 0 Å². The minimum absolute atomic E-state index is 0.00762. The first-order valence-electron chi connectivity index (χ1n) is 10.6. The average molecular weight is 685 g/mol. The zero-order valence-corrected chi connectivity index (χ0v) is 27.0. The summed E-state index contributed by atoms with van der Waals surface area (Å²) in [6, 6.07) is 0. The van der Waals surface area contributed by atoms with E-state index < -0.39 is 38.4 Å². The van der Waals surface area contributed by atoms with Crippen LogP contribution in [0.25, 0.3) is 0 Å². The zero-order valence-electron chi connectivity index (χ0n) is 18.6. The van der Waals surface area contributed by atoms with Crippen molar-refractivity contribution in [3.05, 3.63) is 0 Å². The van der Waals surface area contributed by atoms with Gasteiger partial charge in [0.15, 0.2) is 0 Å². The van der Waals surface area contributed by atoms with Crippen LogP contribution in [-0.4, -0.2) is 76.0 Å². The van der Waals surface area contributed by atoms with E-state index in [9.17, 15) is 0 Å². The Morgan fingerprint density at radius 3 is 2.07 bits per heavy atom. The Labute approximate surface area is 206 Å². The molecule has 2 rings (SSSR count). The Bertz CT molecular complexity index is 499. The van der Waals surface area contributed by atoms with Gasteiger partial charge in [-0.05, 0) is 0 Å². The maximum atomic E-state index is 6.73. The second-order valence-electron chi connectivity index (χ2n) is 10.5. The van der Waals surface area contributed by atoms with Crippen LogP contribution < -0.4 is 0 Å². The van der Waals surface area contributed by atoms with Crippen LogP contribution in [0.5, 0.6) is 0 Å².